The Hall–Kier alpha value is -1.59. The highest BCUT2D eigenvalue weighted by molar-refractivity contribution is 5.91. The normalized spacial score (nSPS) is 33.2. The van der Waals surface area contributed by atoms with Crippen LogP contribution in [0, 0.1) is 17.8 Å². The average Bonchev–Trinajstić information content (AvgIpc) is 3.03. The molecule has 1 aliphatic carbocycles. The smallest absolute Gasteiger partial charge is 0.307 e. The number of nitrogens with zero attached hydrogens (tertiary/aromatic N) is 1. The van der Waals surface area contributed by atoms with Crippen molar-refractivity contribution in [1.82, 2.24) is 10.2 Å². The summed E-state index contributed by atoms with van der Waals surface area (Å²) in [5, 5.41) is 11.8. The zero-order valence-corrected chi connectivity index (χ0v) is 12.0. The molecular weight excluding hydrogens is 260 g/mol. The Morgan fingerprint density at radius 3 is 2.45 bits per heavy atom. The van der Waals surface area contributed by atoms with Gasteiger partial charge < -0.3 is 15.3 Å². The lowest BCUT2D eigenvalue weighted by atomic mass is 9.94. The maximum absolute atomic E-state index is 12.6. The molecule has 4 atom stereocenters. The van der Waals surface area contributed by atoms with Gasteiger partial charge in [0.05, 0.1) is 11.8 Å². The first-order valence-corrected chi connectivity index (χ1v) is 7.20. The molecule has 112 valence electrons. The third kappa shape index (κ3) is 2.64. The third-order valence-corrected chi connectivity index (χ3v) is 4.52. The standard InChI is InChI=1S/C14H22N2O4/c1-8-6-9(10(7-8)14(19)20)13(18)16-5-3-4-11(16)12(17)15-2/h8-11H,3-7H2,1-2H3,(H,15,17)(H,19,20)/t8?,9-,10+,11?/m0/s1. The van der Waals surface area contributed by atoms with E-state index in [1.54, 1.807) is 11.9 Å². The zero-order valence-electron chi connectivity index (χ0n) is 12.0. The van der Waals surface area contributed by atoms with Crippen molar-refractivity contribution in [3.63, 3.8) is 0 Å². The highest BCUT2D eigenvalue weighted by atomic mass is 16.4. The molecular formula is C14H22N2O4. The molecule has 2 N–H and O–H groups in total. The topological polar surface area (TPSA) is 86.7 Å². The summed E-state index contributed by atoms with van der Waals surface area (Å²) >= 11 is 0. The highest BCUT2D eigenvalue weighted by Crippen LogP contribution is 2.38. The summed E-state index contributed by atoms with van der Waals surface area (Å²) in [6.45, 7) is 2.53. The van der Waals surface area contributed by atoms with Gasteiger partial charge in [-0.25, -0.2) is 0 Å². The van der Waals surface area contributed by atoms with Crippen molar-refractivity contribution in [2.45, 2.75) is 38.6 Å². The molecule has 2 amide bonds. The van der Waals surface area contributed by atoms with Crippen LogP contribution in [0.1, 0.15) is 32.6 Å². The van der Waals surface area contributed by atoms with Gasteiger partial charge in [-0.05, 0) is 31.6 Å². The molecule has 0 spiro atoms. The SMILES string of the molecule is CNC(=O)C1CCCN1C(=O)[C@H]1CC(C)C[C@H]1C(=O)O. The van der Waals surface area contributed by atoms with Crippen molar-refractivity contribution < 1.29 is 19.5 Å². The first-order chi connectivity index (χ1) is 9.45. The molecule has 0 bridgehead atoms. The molecule has 0 aromatic carbocycles. The Kier molecular flexibility index (Phi) is 4.30. The molecule has 1 saturated carbocycles. The number of aliphatic carboxylic acids is 1. The van der Waals surface area contributed by atoms with E-state index < -0.39 is 23.8 Å². The van der Waals surface area contributed by atoms with Crippen LogP contribution in [0.3, 0.4) is 0 Å². The summed E-state index contributed by atoms with van der Waals surface area (Å²) in [5.41, 5.74) is 0. The summed E-state index contributed by atoms with van der Waals surface area (Å²) in [7, 11) is 1.56. The van der Waals surface area contributed by atoms with Gasteiger partial charge in [0.1, 0.15) is 6.04 Å². The number of likely N-dealkylation sites (tertiary alicyclic amines) is 1. The number of rotatable bonds is 3. The Bertz CT molecular complexity index is 423. The minimum atomic E-state index is -0.900. The lowest BCUT2D eigenvalue weighted by Gasteiger charge is -2.27. The van der Waals surface area contributed by atoms with E-state index >= 15 is 0 Å². The molecule has 2 unspecified atom stereocenters. The summed E-state index contributed by atoms with van der Waals surface area (Å²) in [6, 6.07) is -0.433. The Morgan fingerprint density at radius 2 is 1.85 bits per heavy atom. The number of hydrogen-bond acceptors (Lipinski definition) is 3. The fraction of sp³-hybridized carbons (Fsp3) is 0.786. The molecule has 2 rings (SSSR count). The van der Waals surface area contributed by atoms with Crippen LogP contribution in [0.25, 0.3) is 0 Å². The van der Waals surface area contributed by atoms with E-state index in [1.807, 2.05) is 6.92 Å². The molecule has 2 fully saturated rings. The number of amides is 2. The van der Waals surface area contributed by atoms with E-state index in [4.69, 9.17) is 0 Å². The van der Waals surface area contributed by atoms with Crippen molar-refractivity contribution in [1.29, 1.82) is 0 Å². The number of carbonyl (C=O) groups is 3. The average molecular weight is 282 g/mol. The van der Waals surface area contributed by atoms with Crippen LogP contribution in [-0.2, 0) is 14.4 Å². The van der Waals surface area contributed by atoms with Gasteiger partial charge in [0.25, 0.3) is 0 Å². The lowest BCUT2D eigenvalue weighted by molar-refractivity contribution is -0.150. The molecule has 1 saturated heterocycles. The van der Waals surface area contributed by atoms with Crippen LogP contribution < -0.4 is 5.32 Å². The van der Waals surface area contributed by atoms with Gasteiger partial charge in [0.2, 0.25) is 11.8 Å². The second kappa shape index (κ2) is 5.81. The van der Waals surface area contributed by atoms with Gasteiger partial charge in [-0.2, -0.15) is 0 Å². The van der Waals surface area contributed by atoms with Gasteiger partial charge in [0, 0.05) is 13.6 Å². The number of carbonyl (C=O) groups excluding carboxylic acids is 2. The van der Waals surface area contributed by atoms with Crippen molar-refractivity contribution in [2.75, 3.05) is 13.6 Å². The maximum atomic E-state index is 12.6. The van der Waals surface area contributed by atoms with Crippen LogP contribution >= 0.6 is 0 Å². The van der Waals surface area contributed by atoms with Gasteiger partial charge in [-0.1, -0.05) is 6.92 Å². The van der Waals surface area contributed by atoms with Gasteiger partial charge in [-0.15, -0.1) is 0 Å². The summed E-state index contributed by atoms with van der Waals surface area (Å²) in [5.74, 6) is -2.06. The van der Waals surface area contributed by atoms with E-state index in [0.29, 0.717) is 25.8 Å². The minimum Gasteiger partial charge on any atom is -0.481 e. The van der Waals surface area contributed by atoms with Gasteiger partial charge in [-0.3, -0.25) is 14.4 Å². The first kappa shape index (κ1) is 14.8. The van der Waals surface area contributed by atoms with Crippen LogP contribution in [-0.4, -0.2) is 47.4 Å². The molecule has 6 heteroatoms. The maximum Gasteiger partial charge on any atom is 0.307 e. The predicted octanol–water partition coefficient (Wildman–Crippen LogP) is 0.470. The van der Waals surface area contributed by atoms with E-state index in [9.17, 15) is 19.5 Å². The van der Waals surface area contributed by atoms with Crippen molar-refractivity contribution in [2.24, 2.45) is 17.8 Å². The Balaban J connectivity index is 2.13. The number of carboxylic acids is 1. The minimum absolute atomic E-state index is 0.159. The van der Waals surface area contributed by atoms with Crippen LogP contribution in [0.2, 0.25) is 0 Å². The van der Waals surface area contributed by atoms with E-state index in [2.05, 4.69) is 5.32 Å². The van der Waals surface area contributed by atoms with Crippen LogP contribution in [0.5, 0.6) is 0 Å². The molecule has 6 nitrogen and oxygen atoms in total. The van der Waals surface area contributed by atoms with Crippen molar-refractivity contribution in [3.8, 4) is 0 Å². The number of nitrogens with one attached hydrogen (secondary N) is 1. The van der Waals surface area contributed by atoms with E-state index in [0.717, 1.165) is 6.42 Å². The number of carboxylic acid groups (broad SMARTS) is 1. The number of likely N-dealkylation sites (N-methyl/N-ethyl adjacent to an activating group) is 1. The monoisotopic (exact) mass is 282 g/mol. The van der Waals surface area contributed by atoms with Crippen LogP contribution in [0.4, 0.5) is 0 Å². The van der Waals surface area contributed by atoms with Gasteiger partial charge >= 0.3 is 5.97 Å². The highest BCUT2D eigenvalue weighted by Gasteiger charge is 2.45. The molecule has 0 radical (unpaired) electrons. The second-order valence-corrected chi connectivity index (χ2v) is 5.93. The summed E-state index contributed by atoms with van der Waals surface area (Å²) in [4.78, 5) is 37.3. The van der Waals surface area contributed by atoms with Crippen molar-refractivity contribution in [3.05, 3.63) is 0 Å². The molecule has 1 heterocycles. The fourth-order valence-electron chi connectivity index (χ4n) is 3.52. The van der Waals surface area contributed by atoms with Gasteiger partial charge in [0.15, 0.2) is 0 Å². The molecule has 20 heavy (non-hydrogen) atoms. The predicted molar refractivity (Wildman–Crippen MR) is 71.8 cm³/mol. The summed E-state index contributed by atoms with van der Waals surface area (Å²) in [6.07, 6.45) is 2.60. The summed E-state index contributed by atoms with van der Waals surface area (Å²) < 4.78 is 0. The quantitative estimate of drug-likeness (QED) is 0.788. The second-order valence-electron chi connectivity index (χ2n) is 5.93. The Morgan fingerprint density at radius 1 is 1.20 bits per heavy atom. The van der Waals surface area contributed by atoms with Crippen LogP contribution in [0.15, 0.2) is 0 Å². The van der Waals surface area contributed by atoms with E-state index in [-0.39, 0.29) is 17.7 Å². The van der Waals surface area contributed by atoms with E-state index in [1.165, 1.54) is 0 Å². The van der Waals surface area contributed by atoms with Crippen molar-refractivity contribution >= 4 is 17.8 Å². The Labute approximate surface area is 118 Å². The molecule has 0 aromatic heterocycles. The number of hydrogen-bond donors (Lipinski definition) is 2. The molecule has 2 aliphatic rings. The first-order valence-electron chi connectivity index (χ1n) is 7.20. The zero-order chi connectivity index (χ0) is 14.9. The molecule has 1 aliphatic heterocycles. The fourth-order valence-corrected chi connectivity index (χ4v) is 3.52. The largest absolute Gasteiger partial charge is 0.481 e. The lowest BCUT2D eigenvalue weighted by Crippen LogP contribution is -2.48. The molecule has 0 aromatic rings. The third-order valence-electron chi connectivity index (χ3n) is 4.52.